The van der Waals surface area contributed by atoms with Gasteiger partial charge < -0.3 is 24.1 Å². The van der Waals surface area contributed by atoms with Gasteiger partial charge in [-0.3, -0.25) is 9.59 Å². The summed E-state index contributed by atoms with van der Waals surface area (Å²) in [5.41, 5.74) is 1.52. The van der Waals surface area contributed by atoms with E-state index in [-0.39, 0.29) is 36.1 Å². The number of carbonyl (C=O) groups excluding carboxylic acids is 3. The Kier molecular flexibility index (Phi) is 6.67. The molecule has 0 fully saturated rings. The Labute approximate surface area is 208 Å². The van der Waals surface area contributed by atoms with Crippen molar-refractivity contribution >= 4 is 23.8 Å². The number of rotatable bonds is 1. The minimum absolute atomic E-state index is 0.00565. The number of ketones is 1. The van der Waals surface area contributed by atoms with Gasteiger partial charge in [-0.1, -0.05) is 18.2 Å². The van der Waals surface area contributed by atoms with Crippen LogP contribution in [0.2, 0.25) is 0 Å². The molecule has 2 atom stereocenters. The van der Waals surface area contributed by atoms with Crippen molar-refractivity contribution in [3.8, 4) is 23.0 Å². The predicted molar refractivity (Wildman–Crippen MR) is 129 cm³/mol. The summed E-state index contributed by atoms with van der Waals surface area (Å²) >= 11 is 0. The molecule has 0 unspecified atom stereocenters. The van der Waals surface area contributed by atoms with Crippen molar-refractivity contribution in [3.05, 3.63) is 52.6 Å². The molecule has 5 rings (SSSR count). The second kappa shape index (κ2) is 10.0. The molecule has 0 saturated heterocycles. The third kappa shape index (κ3) is 4.80. The molecule has 1 N–H and O–H groups in total. The Hall–Kier alpha value is -3.81. The van der Waals surface area contributed by atoms with Crippen LogP contribution in [-0.2, 0) is 14.3 Å². The lowest BCUT2D eigenvalue weighted by molar-refractivity contribution is -0.135. The highest BCUT2D eigenvalue weighted by atomic mass is 16.7. The first-order valence-electron chi connectivity index (χ1n) is 12.3. The fraction of sp³-hybridized carbons (Fsp3) is 0.393. The number of benzene rings is 2. The highest BCUT2D eigenvalue weighted by molar-refractivity contribution is 5.98. The van der Waals surface area contributed by atoms with E-state index < -0.39 is 24.0 Å². The highest BCUT2D eigenvalue weighted by Crippen LogP contribution is 2.48. The molecule has 0 aliphatic carbocycles. The lowest BCUT2D eigenvalue weighted by atomic mass is 9.83. The van der Waals surface area contributed by atoms with Crippen LogP contribution in [0, 0.1) is 0 Å². The summed E-state index contributed by atoms with van der Waals surface area (Å²) < 4.78 is 22.1. The summed E-state index contributed by atoms with van der Waals surface area (Å²) in [6, 6.07) is 6.95. The number of fused-ring (bicyclic) bond motifs is 3. The number of hydrogen-bond acceptors (Lipinski definition) is 8. The third-order valence-electron chi connectivity index (χ3n) is 6.78. The monoisotopic (exact) mass is 492 g/mol. The normalized spacial score (nSPS) is 23.1. The van der Waals surface area contributed by atoms with Crippen LogP contribution >= 0.6 is 0 Å². The quantitative estimate of drug-likeness (QED) is 0.436. The van der Waals surface area contributed by atoms with Gasteiger partial charge in [-0.05, 0) is 61.9 Å². The molecule has 2 aromatic rings. The Morgan fingerprint density at radius 2 is 1.78 bits per heavy atom. The van der Waals surface area contributed by atoms with Crippen molar-refractivity contribution in [2.24, 2.45) is 0 Å². The molecule has 3 heterocycles. The Balaban J connectivity index is 1.59. The fourth-order valence-corrected chi connectivity index (χ4v) is 4.93. The van der Waals surface area contributed by atoms with Crippen molar-refractivity contribution in [3.63, 3.8) is 0 Å². The summed E-state index contributed by atoms with van der Waals surface area (Å²) in [5, 5.41) is 11.5. The zero-order valence-corrected chi connectivity index (χ0v) is 20.1. The van der Waals surface area contributed by atoms with Gasteiger partial charge in [0.25, 0.3) is 0 Å². The van der Waals surface area contributed by atoms with Crippen LogP contribution in [0.15, 0.2) is 30.3 Å². The van der Waals surface area contributed by atoms with Crippen molar-refractivity contribution in [1.82, 2.24) is 0 Å². The maximum atomic E-state index is 13.3. The molecule has 0 radical (unpaired) electrons. The van der Waals surface area contributed by atoms with Gasteiger partial charge in [0, 0.05) is 24.3 Å². The van der Waals surface area contributed by atoms with E-state index in [2.05, 4.69) is 0 Å². The zero-order chi connectivity index (χ0) is 25.2. The van der Waals surface area contributed by atoms with Gasteiger partial charge in [0.15, 0.2) is 11.5 Å². The summed E-state index contributed by atoms with van der Waals surface area (Å²) in [6.07, 6.45) is 6.59. The van der Waals surface area contributed by atoms with Crippen LogP contribution in [0.1, 0.15) is 84.8 Å². The highest BCUT2D eigenvalue weighted by Gasteiger charge is 2.36. The van der Waals surface area contributed by atoms with Gasteiger partial charge in [0.1, 0.15) is 22.8 Å². The van der Waals surface area contributed by atoms with E-state index in [0.717, 1.165) is 5.56 Å². The number of aromatic hydroxyl groups is 1. The first-order chi connectivity index (χ1) is 17.4. The Morgan fingerprint density at radius 1 is 0.972 bits per heavy atom. The van der Waals surface area contributed by atoms with E-state index in [1.165, 1.54) is 0 Å². The van der Waals surface area contributed by atoms with Crippen LogP contribution in [0.25, 0.3) is 6.08 Å². The van der Waals surface area contributed by atoms with Gasteiger partial charge in [-0.25, -0.2) is 4.79 Å². The number of ether oxygens (including phenoxy) is 4. The number of esters is 2. The standard InChI is InChI=1S/C28H28O8/c1-16-6-5-9-19(29)8-4-2-3-7-18-13-23-26(27(31)25(18)28(32)35-16)20(14-24(30)36-23)17-10-11-21-22(12-17)34-15-33-21/h3,7,10-13,16,20,31H,2,4-6,8-9,14-15H2,1H3/b7-3+/t16-,20-/m1/s1. The van der Waals surface area contributed by atoms with E-state index in [0.29, 0.717) is 61.2 Å². The van der Waals surface area contributed by atoms with Crippen LogP contribution in [0.5, 0.6) is 23.0 Å². The van der Waals surface area contributed by atoms with Gasteiger partial charge in [0.05, 0.1) is 12.5 Å². The number of Topliss-reactive ketones (excluding diaryl/α,β-unsaturated/α-hetero) is 1. The molecule has 36 heavy (non-hydrogen) atoms. The number of allylic oxidation sites excluding steroid dienone is 1. The molecule has 0 bridgehead atoms. The lowest BCUT2D eigenvalue weighted by Gasteiger charge is -2.27. The first kappa shape index (κ1) is 23.9. The zero-order valence-electron chi connectivity index (χ0n) is 20.1. The fourth-order valence-electron chi connectivity index (χ4n) is 4.93. The molecular formula is C28H28O8. The summed E-state index contributed by atoms with van der Waals surface area (Å²) in [4.78, 5) is 37.9. The van der Waals surface area contributed by atoms with Crippen molar-refractivity contribution < 1.29 is 38.4 Å². The maximum Gasteiger partial charge on any atom is 0.342 e. The van der Waals surface area contributed by atoms with Gasteiger partial charge in [0.2, 0.25) is 6.79 Å². The summed E-state index contributed by atoms with van der Waals surface area (Å²) in [5.74, 6) is -0.345. The molecule has 8 nitrogen and oxygen atoms in total. The number of cyclic esters (lactones) is 1. The largest absolute Gasteiger partial charge is 0.507 e. The molecule has 3 aliphatic rings. The second-order valence-corrected chi connectivity index (χ2v) is 9.39. The molecule has 188 valence electrons. The summed E-state index contributed by atoms with van der Waals surface area (Å²) in [6.45, 7) is 1.89. The van der Waals surface area contributed by atoms with E-state index in [4.69, 9.17) is 18.9 Å². The van der Waals surface area contributed by atoms with Crippen LogP contribution < -0.4 is 14.2 Å². The minimum Gasteiger partial charge on any atom is -0.507 e. The van der Waals surface area contributed by atoms with Gasteiger partial charge in [-0.2, -0.15) is 0 Å². The first-order valence-corrected chi connectivity index (χ1v) is 12.3. The number of hydrogen-bond donors (Lipinski definition) is 1. The molecular weight excluding hydrogens is 464 g/mol. The van der Waals surface area contributed by atoms with E-state index in [9.17, 15) is 19.5 Å². The van der Waals surface area contributed by atoms with Crippen molar-refractivity contribution in [1.29, 1.82) is 0 Å². The van der Waals surface area contributed by atoms with Gasteiger partial charge in [-0.15, -0.1) is 0 Å². The molecule has 3 aliphatic heterocycles. The predicted octanol–water partition coefficient (Wildman–Crippen LogP) is 5.04. The lowest BCUT2D eigenvalue weighted by Crippen LogP contribution is -2.23. The number of carbonyl (C=O) groups is 3. The maximum absolute atomic E-state index is 13.3. The number of phenols is 1. The Bertz CT molecular complexity index is 1240. The van der Waals surface area contributed by atoms with Crippen LogP contribution in [0.3, 0.4) is 0 Å². The van der Waals surface area contributed by atoms with E-state index in [1.807, 2.05) is 12.1 Å². The van der Waals surface area contributed by atoms with E-state index in [1.54, 1.807) is 31.2 Å². The Morgan fingerprint density at radius 3 is 2.64 bits per heavy atom. The summed E-state index contributed by atoms with van der Waals surface area (Å²) in [7, 11) is 0. The van der Waals surface area contributed by atoms with Crippen molar-refractivity contribution in [2.75, 3.05) is 6.79 Å². The molecule has 0 saturated carbocycles. The van der Waals surface area contributed by atoms with Crippen LogP contribution in [-0.4, -0.2) is 35.7 Å². The third-order valence-corrected chi connectivity index (χ3v) is 6.78. The smallest absolute Gasteiger partial charge is 0.342 e. The number of phenolic OH excluding ortho intramolecular Hbond substituents is 1. The topological polar surface area (TPSA) is 108 Å². The van der Waals surface area contributed by atoms with Crippen molar-refractivity contribution in [2.45, 2.75) is 63.9 Å². The molecule has 0 spiro atoms. The molecule has 8 heteroatoms. The van der Waals surface area contributed by atoms with Gasteiger partial charge >= 0.3 is 11.9 Å². The second-order valence-electron chi connectivity index (χ2n) is 9.39. The molecule has 0 amide bonds. The van der Waals surface area contributed by atoms with Crippen LogP contribution in [0.4, 0.5) is 0 Å². The molecule has 0 aromatic heterocycles. The minimum atomic E-state index is -0.660. The average Bonchev–Trinajstić information content (AvgIpc) is 3.30. The SMILES string of the molecule is C[C@@H]1CCCC(=O)CCC/C=C/c2cc3c(c(O)c2C(=O)O1)[C@@H](c1ccc2c(c1)OCO2)CC(=O)O3. The van der Waals surface area contributed by atoms with E-state index >= 15 is 0 Å². The molecule has 2 aromatic carbocycles. The average molecular weight is 493 g/mol.